The molecule has 0 aromatic heterocycles. The van der Waals surface area contributed by atoms with Crippen LogP contribution in [0.25, 0.3) is 0 Å². The van der Waals surface area contributed by atoms with Gasteiger partial charge in [-0.05, 0) is 49.7 Å². The zero-order chi connectivity index (χ0) is 13.7. The van der Waals surface area contributed by atoms with E-state index in [1.54, 1.807) is 18.2 Å². The first kappa shape index (κ1) is 13.1. The Bertz CT molecular complexity index is 576. The first-order chi connectivity index (χ1) is 9.24. The van der Waals surface area contributed by atoms with Gasteiger partial charge in [-0.1, -0.05) is 12.1 Å². The van der Waals surface area contributed by atoms with Gasteiger partial charge in [0.05, 0.1) is 6.61 Å². The van der Waals surface area contributed by atoms with E-state index < -0.39 is 0 Å². The molecule has 0 saturated heterocycles. The van der Waals surface area contributed by atoms with E-state index in [2.05, 4.69) is 0 Å². The second-order valence-electron chi connectivity index (χ2n) is 4.12. The lowest BCUT2D eigenvalue weighted by Gasteiger charge is -2.13. The van der Waals surface area contributed by atoms with Crippen molar-refractivity contribution in [2.75, 3.05) is 6.61 Å². The molecule has 3 heteroatoms. The number of carbonyl (C=O) groups is 1. The molecule has 0 saturated carbocycles. The van der Waals surface area contributed by atoms with Crippen LogP contribution in [0.5, 0.6) is 17.2 Å². The van der Waals surface area contributed by atoms with Gasteiger partial charge in [0.1, 0.15) is 12.0 Å². The standard InChI is InChI=1S/C16H16O3/c1-3-18-15-6-4-5-7-16(15)19-14-9-8-13(11-17)10-12(14)2/h4-11H,3H2,1-2H3. The molecular weight excluding hydrogens is 240 g/mol. The summed E-state index contributed by atoms with van der Waals surface area (Å²) in [5.74, 6) is 2.10. The summed E-state index contributed by atoms with van der Waals surface area (Å²) < 4.78 is 11.4. The van der Waals surface area contributed by atoms with Crippen LogP contribution in [0.15, 0.2) is 42.5 Å². The SMILES string of the molecule is CCOc1ccccc1Oc1ccc(C=O)cc1C. The van der Waals surface area contributed by atoms with Crippen molar-refractivity contribution in [3.05, 3.63) is 53.6 Å². The minimum absolute atomic E-state index is 0.587. The van der Waals surface area contributed by atoms with Crippen molar-refractivity contribution >= 4 is 6.29 Å². The molecule has 0 aliphatic carbocycles. The molecule has 0 atom stereocenters. The smallest absolute Gasteiger partial charge is 0.169 e. The third-order valence-electron chi connectivity index (χ3n) is 2.70. The van der Waals surface area contributed by atoms with Crippen molar-refractivity contribution in [2.24, 2.45) is 0 Å². The summed E-state index contributed by atoms with van der Waals surface area (Å²) in [4.78, 5) is 10.7. The molecule has 0 bridgehead atoms. The third-order valence-corrected chi connectivity index (χ3v) is 2.70. The van der Waals surface area contributed by atoms with Crippen LogP contribution in [0, 0.1) is 6.92 Å². The Hall–Kier alpha value is -2.29. The summed E-state index contributed by atoms with van der Waals surface area (Å²) in [6, 6.07) is 12.9. The molecule has 2 aromatic rings. The molecule has 98 valence electrons. The number of ether oxygens (including phenoxy) is 2. The Kier molecular flexibility index (Phi) is 4.18. The van der Waals surface area contributed by atoms with Crippen LogP contribution in [-0.4, -0.2) is 12.9 Å². The van der Waals surface area contributed by atoms with Gasteiger partial charge in [0.25, 0.3) is 0 Å². The first-order valence-corrected chi connectivity index (χ1v) is 6.20. The largest absolute Gasteiger partial charge is 0.490 e. The molecule has 2 rings (SSSR count). The Morgan fingerprint density at radius 2 is 1.79 bits per heavy atom. The Labute approximate surface area is 112 Å². The molecular formula is C16H16O3. The van der Waals surface area contributed by atoms with E-state index in [4.69, 9.17) is 9.47 Å². The lowest BCUT2D eigenvalue weighted by molar-refractivity contribution is 0.112. The minimum atomic E-state index is 0.587. The predicted molar refractivity (Wildman–Crippen MR) is 74.3 cm³/mol. The Morgan fingerprint density at radius 1 is 1.05 bits per heavy atom. The maximum atomic E-state index is 10.7. The fourth-order valence-corrected chi connectivity index (χ4v) is 1.79. The Morgan fingerprint density at radius 3 is 2.42 bits per heavy atom. The van der Waals surface area contributed by atoms with E-state index in [1.165, 1.54) is 0 Å². The van der Waals surface area contributed by atoms with Gasteiger partial charge in [0.15, 0.2) is 11.5 Å². The minimum Gasteiger partial charge on any atom is -0.490 e. The molecule has 0 aliphatic rings. The van der Waals surface area contributed by atoms with E-state index in [-0.39, 0.29) is 0 Å². The van der Waals surface area contributed by atoms with E-state index in [0.717, 1.165) is 17.6 Å². The van der Waals surface area contributed by atoms with Crippen molar-refractivity contribution in [2.45, 2.75) is 13.8 Å². The van der Waals surface area contributed by atoms with Gasteiger partial charge in [-0.2, -0.15) is 0 Å². The molecule has 0 N–H and O–H groups in total. The molecule has 2 aromatic carbocycles. The Balaban J connectivity index is 2.28. The zero-order valence-electron chi connectivity index (χ0n) is 11.1. The number of para-hydroxylation sites is 2. The van der Waals surface area contributed by atoms with Crippen LogP contribution in [0.1, 0.15) is 22.8 Å². The maximum absolute atomic E-state index is 10.7. The number of hydrogen-bond acceptors (Lipinski definition) is 3. The average Bonchev–Trinajstić information content (AvgIpc) is 2.43. The highest BCUT2D eigenvalue weighted by atomic mass is 16.5. The number of rotatable bonds is 5. The van der Waals surface area contributed by atoms with Gasteiger partial charge in [-0.3, -0.25) is 4.79 Å². The second-order valence-corrected chi connectivity index (χ2v) is 4.12. The molecule has 0 aliphatic heterocycles. The fraction of sp³-hybridized carbons (Fsp3) is 0.188. The maximum Gasteiger partial charge on any atom is 0.169 e. The van der Waals surface area contributed by atoms with Crippen molar-refractivity contribution in [1.29, 1.82) is 0 Å². The highest BCUT2D eigenvalue weighted by Gasteiger charge is 2.07. The van der Waals surface area contributed by atoms with Gasteiger partial charge < -0.3 is 9.47 Å². The molecule has 0 amide bonds. The van der Waals surface area contributed by atoms with Gasteiger partial charge in [0, 0.05) is 5.56 Å². The molecule has 0 heterocycles. The molecule has 0 unspecified atom stereocenters. The topological polar surface area (TPSA) is 35.5 Å². The molecule has 19 heavy (non-hydrogen) atoms. The predicted octanol–water partition coefficient (Wildman–Crippen LogP) is 4.00. The highest BCUT2D eigenvalue weighted by molar-refractivity contribution is 5.75. The van der Waals surface area contributed by atoms with Gasteiger partial charge >= 0.3 is 0 Å². The molecule has 0 fully saturated rings. The molecule has 0 radical (unpaired) electrons. The molecule has 3 nitrogen and oxygen atoms in total. The third kappa shape index (κ3) is 3.13. The normalized spacial score (nSPS) is 10.0. The van der Waals surface area contributed by atoms with E-state index in [1.807, 2.05) is 38.1 Å². The summed E-state index contributed by atoms with van der Waals surface area (Å²) in [5.41, 5.74) is 1.55. The summed E-state index contributed by atoms with van der Waals surface area (Å²) in [7, 11) is 0. The molecule has 0 spiro atoms. The van der Waals surface area contributed by atoms with Crippen LogP contribution in [0.4, 0.5) is 0 Å². The van der Waals surface area contributed by atoms with E-state index in [0.29, 0.717) is 23.7 Å². The van der Waals surface area contributed by atoms with Crippen LogP contribution in [0.3, 0.4) is 0 Å². The van der Waals surface area contributed by atoms with Crippen LogP contribution in [0.2, 0.25) is 0 Å². The van der Waals surface area contributed by atoms with Crippen LogP contribution in [-0.2, 0) is 0 Å². The van der Waals surface area contributed by atoms with E-state index >= 15 is 0 Å². The second kappa shape index (κ2) is 6.05. The number of carbonyl (C=O) groups excluding carboxylic acids is 1. The van der Waals surface area contributed by atoms with Crippen molar-refractivity contribution < 1.29 is 14.3 Å². The van der Waals surface area contributed by atoms with E-state index in [9.17, 15) is 4.79 Å². The highest BCUT2D eigenvalue weighted by Crippen LogP contribution is 2.32. The van der Waals surface area contributed by atoms with Gasteiger partial charge in [-0.15, -0.1) is 0 Å². The van der Waals surface area contributed by atoms with Crippen LogP contribution >= 0.6 is 0 Å². The quantitative estimate of drug-likeness (QED) is 0.758. The zero-order valence-corrected chi connectivity index (χ0v) is 11.1. The van der Waals surface area contributed by atoms with Crippen molar-refractivity contribution in [3.63, 3.8) is 0 Å². The monoisotopic (exact) mass is 256 g/mol. The summed E-state index contributed by atoms with van der Waals surface area (Å²) in [5, 5.41) is 0. The summed E-state index contributed by atoms with van der Waals surface area (Å²) in [6.45, 7) is 4.43. The summed E-state index contributed by atoms with van der Waals surface area (Å²) in [6.07, 6.45) is 0.824. The fourth-order valence-electron chi connectivity index (χ4n) is 1.79. The first-order valence-electron chi connectivity index (χ1n) is 6.20. The number of aldehydes is 1. The average molecular weight is 256 g/mol. The van der Waals surface area contributed by atoms with Crippen molar-refractivity contribution in [3.8, 4) is 17.2 Å². The lowest BCUT2D eigenvalue weighted by Crippen LogP contribution is -1.95. The van der Waals surface area contributed by atoms with Crippen LogP contribution < -0.4 is 9.47 Å². The number of hydrogen-bond donors (Lipinski definition) is 0. The van der Waals surface area contributed by atoms with Crippen molar-refractivity contribution in [1.82, 2.24) is 0 Å². The summed E-state index contributed by atoms with van der Waals surface area (Å²) >= 11 is 0. The van der Waals surface area contributed by atoms with Gasteiger partial charge in [0.2, 0.25) is 0 Å². The number of benzene rings is 2. The van der Waals surface area contributed by atoms with Gasteiger partial charge in [-0.25, -0.2) is 0 Å². The number of aryl methyl sites for hydroxylation is 1. The lowest BCUT2D eigenvalue weighted by atomic mass is 10.1.